The monoisotopic (exact) mass is 254 g/mol. The maximum Gasteiger partial charge on any atom is 0.255 e. The van der Waals surface area contributed by atoms with Gasteiger partial charge >= 0.3 is 0 Å². The maximum absolute atomic E-state index is 13.4. The first-order valence-electron chi connectivity index (χ1n) is 6.17. The Bertz CT molecular complexity index is 380. The van der Waals surface area contributed by atoms with Crippen LogP contribution in [-0.2, 0) is 4.74 Å². The topological polar surface area (TPSA) is 43.4 Å². The third-order valence-electron chi connectivity index (χ3n) is 3.20. The van der Waals surface area contributed by atoms with E-state index in [4.69, 9.17) is 9.47 Å². The normalized spacial score (nSPS) is 23.3. The van der Waals surface area contributed by atoms with Gasteiger partial charge in [-0.25, -0.2) is 4.98 Å². The minimum absolute atomic E-state index is 0.254. The molecule has 2 atom stereocenters. The van der Waals surface area contributed by atoms with E-state index in [1.807, 2.05) is 6.92 Å². The second kappa shape index (κ2) is 6.11. The van der Waals surface area contributed by atoms with Gasteiger partial charge in [-0.05, 0) is 30.9 Å². The molecule has 100 valence electrons. The smallest absolute Gasteiger partial charge is 0.255 e. The van der Waals surface area contributed by atoms with Crippen LogP contribution < -0.4 is 10.1 Å². The minimum Gasteiger partial charge on any atom is -0.487 e. The number of nitrogens with zero attached hydrogens (tertiary/aromatic N) is 1. The highest BCUT2D eigenvalue weighted by molar-refractivity contribution is 5.29. The number of aryl methyl sites for hydroxylation is 1. The molecule has 0 saturated carbocycles. The van der Waals surface area contributed by atoms with Gasteiger partial charge in [0, 0.05) is 25.9 Å². The zero-order valence-electron chi connectivity index (χ0n) is 10.8. The molecule has 1 N–H and O–H groups in total. The number of pyridine rings is 1. The summed E-state index contributed by atoms with van der Waals surface area (Å²) >= 11 is 0. The summed E-state index contributed by atoms with van der Waals surface area (Å²) in [5.41, 5.74) is 0.772. The number of rotatable bonds is 5. The predicted octanol–water partition coefficient (Wildman–Crippen LogP) is 1.53. The third-order valence-corrected chi connectivity index (χ3v) is 3.20. The van der Waals surface area contributed by atoms with Crippen LogP contribution in [0.3, 0.4) is 0 Å². The van der Waals surface area contributed by atoms with E-state index in [9.17, 15) is 4.39 Å². The van der Waals surface area contributed by atoms with E-state index in [0.717, 1.165) is 25.1 Å². The molecule has 0 amide bonds. The molecule has 0 spiro atoms. The van der Waals surface area contributed by atoms with Gasteiger partial charge in [0.1, 0.15) is 6.61 Å². The van der Waals surface area contributed by atoms with Gasteiger partial charge in [0.25, 0.3) is 5.95 Å². The molecular formula is C13H19FN2O2. The van der Waals surface area contributed by atoms with Gasteiger partial charge in [-0.1, -0.05) is 0 Å². The van der Waals surface area contributed by atoms with Crippen LogP contribution in [0.1, 0.15) is 12.0 Å². The van der Waals surface area contributed by atoms with Crippen LogP contribution in [0.5, 0.6) is 5.75 Å². The summed E-state index contributed by atoms with van der Waals surface area (Å²) in [5, 5.41) is 3.35. The molecule has 1 aromatic heterocycles. The lowest BCUT2D eigenvalue weighted by Crippen LogP contribution is -2.28. The van der Waals surface area contributed by atoms with Crippen molar-refractivity contribution >= 4 is 0 Å². The van der Waals surface area contributed by atoms with Crippen LogP contribution in [0.4, 0.5) is 4.39 Å². The molecule has 0 bridgehead atoms. The lowest BCUT2D eigenvalue weighted by Gasteiger charge is -2.14. The van der Waals surface area contributed by atoms with Crippen molar-refractivity contribution in [2.24, 2.45) is 5.92 Å². The van der Waals surface area contributed by atoms with Crippen molar-refractivity contribution in [2.45, 2.75) is 19.4 Å². The summed E-state index contributed by atoms with van der Waals surface area (Å²) in [6.07, 6.45) is 2.44. The third kappa shape index (κ3) is 3.17. The first kappa shape index (κ1) is 13.2. The Labute approximate surface area is 107 Å². The lowest BCUT2D eigenvalue weighted by atomic mass is 10.1. The molecule has 5 heteroatoms. The summed E-state index contributed by atoms with van der Waals surface area (Å²) in [7, 11) is 1.71. The number of nitrogens with one attached hydrogen (secondary N) is 1. The van der Waals surface area contributed by atoms with Crippen molar-refractivity contribution in [3.05, 3.63) is 23.8 Å². The Morgan fingerprint density at radius 1 is 1.50 bits per heavy atom. The highest BCUT2D eigenvalue weighted by Crippen LogP contribution is 2.21. The Balaban J connectivity index is 1.85. The van der Waals surface area contributed by atoms with Crippen LogP contribution >= 0.6 is 0 Å². The van der Waals surface area contributed by atoms with E-state index in [-0.39, 0.29) is 11.8 Å². The van der Waals surface area contributed by atoms with E-state index in [0.29, 0.717) is 12.5 Å². The number of methoxy groups -OCH3 is 1. The first-order chi connectivity index (χ1) is 8.70. The van der Waals surface area contributed by atoms with Gasteiger partial charge < -0.3 is 14.8 Å². The summed E-state index contributed by atoms with van der Waals surface area (Å²) in [4.78, 5) is 3.60. The molecule has 2 heterocycles. The maximum atomic E-state index is 13.4. The molecular weight excluding hydrogens is 235 g/mol. The molecule has 0 radical (unpaired) electrons. The zero-order valence-corrected chi connectivity index (χ0v) is 10.8. The number of hydrogen-bond donors (Lipinski definition) is 1. The molecule has 1 unspecified atom stereocenters. The van der Waals surface area contributed by atoms with Crippen LogP contribution in [0, 0.1) is 18.8 Å². The average Bonchev–Trinajstić information content (AvgIpc) is 2.77. The van der Waals surface area contributed by atoms with Gasteiger partial charge in [0.15, 0.2) is 5.75 Å². The average molecular weight is 254 g/mol. The van der Waals surface area contributed by atoms with Crippen molar-refractivity contribution in [1.82, 2.24) is 10.3 Å². The number of hydrogen-bond acceptors (Lipinski definition) is 4. The van der Waals surface area contributed by atoms with Crippen LogP contribution in [0.25, 0.3) is 0 Å². The molecule has 0 aliphatic carbocycles. The highest BCUT2D eigenvalue weighted by atomic mass is 19.1. The molecule has 1 aromatic rings. The molecule has 18 heavy (non-hydrogen) atoms. The van der Waals surface area contributed by atoms with Crippen molar-refractivity contribution < 1.29 is 13.9 Å². The van der Waals surface area contributed by atoms with E-state index in [1.54, 1.807) is 13.2 Å². The fourth-order valence-corrected chi connectivity index (χ4v) is 2.26. The summed E-state index contributed by atoms with van der Waals surface area (Å²) < 4.78 is 24.1. The highest BCUT2D eigenvalue weighted by Gasteiger charge is 2.24. The van der Waals surface area contributed by atoms with Gasteiger partial charge in [-0.15, -0.1) is 0 Å². The van der Waals surface area contributed by atoms with E-state index in [1.165, 1.54) is 6.20 Å². The first-order valence-corrected chi connectivity index (χ1v) is 6.17. The molecule has 1 fully saturated rings. The van der Waals surface area contributed by atoms with Crippen molar-refractivity contribution in [2.75, 3.05) is 26.9 Å². The molecule has 1 aliphatic heterocycles. The second-order valence-corrected chi connectivity index (χ2v) is 4.72. The van der Waals surface area contributed by atoms with Gasteiger partial charge in [0.05, 0.1) is 6.61 Å². The van der Waals surface area contributed by atoms with Crippen molar-refractivity contribution in [3.63, 3.8) is 0 Å². The van der Waals surface area contributed by atoms with Crippen LogP contribution in [0.2, 0.25) is 0 Å². The number of halogens is 1. The summed E-state index contributed by atoms with van der Waals surface area (Å²) in [6.45, 7) is 3.96. The lowest BCUT2D eigenvalue weighted by molar-refractivity contribution is 0.157. The van der Waals surface area contributed by atoms with Crippen molar-refractivity contribution in [1.29, 1.82) is 0 Å². The summed E-state index contributed by atoms with van der Waals surface area (Å²) in [6, 6.07) is 2.00. The van der Waals surface area contributed by atoms with Crippen molar-refractivity contribution in [3.8, 4) is 5.75 Å². The zero-order chi connectivity index (χ0) is 13.0. The quantitative estimate of drug-likeness (QED) is 0.809. The van der Waals surface area contributed by atoms with Gasteiger partial charge in [-0.2, -0.15) is 4.39 Å². The van der Waals surface area contributed by atoms with Gasteiger partial charge in [0.2, 0.25) is 0 Å². The number of ether oxygens (including phenoxy) is 2. The molecule has 4 nitrogen and oxygen atoms in total. The summed E-state index contributed by atoms with van der Waals surface area (Å²) in [5.74, 6) is 0.236. The fourth-order valence-electron chi connectivity index (χ4n) is 2.26. The minimum atomic E-state index is -0.540. The fraction of sp³-hybridized carbons (Fsp3) is 0.615. The SMILES string of the molecule is COCC1CN[C@H](COc2c(C)ccnc2F)C1. The van der Waals surface area contributed by atoms with Crippen LogP contribution in [-0.4, -0.2) is 37.9 Å². The number of aromatic nitrogens is 1. The standard InChI is InChI=1S/C13H19FN2O2/c1-9-3-4-15-13(14)12(9)18-8-11-5-10(6-16-11)7-17-2/h3-4,10-11,16H,5-8H2,1-2H3/t10?,11-/m0/s1. The Kier molecular flexibility index (Phi) is 4.49. The largest absolute Gasteiger partial charge is 0.487 e. The van der Waals surface area contributed by atoms with Crippen LogP contribution in [0.15, 0.2) is 12.3 Å². The Morgan fingerprint density at radius 2 is 2.33 bits per heavy atom. The Hall–Kier alpha value is -1.20. The molecule has 2 rings (SSSR count). The molecule has 1 saturated heterocycles. The Morgan fingerprint density at radius 3 is 3.06 bits per heavy atom. The molecule has 0 aromatic carbocycles. The van der Waals surface area contributed by atoms with E-state index < -0.39 is 5.95 Å². The second-order valence-electron chi connectivity index (χ2n) is 4.72. The predicted molar refractivity (Wildman–Crippen MR) is 66.2 cm³/mol. The van der Waals surface area contributed by atoms with E-state index >= 15 is 0 Å². The van der Waals surface area contributed by atoms with E-state index in [2.05, 4.69) is 10.3 Å². The van der Waals surface area contributed by atoms with Gasteiger partial charge in [-0.3, -0.25) is 0 Å². The molecule has 1 aliphatic rings.